The summed E-state index contributed by atoms with van der Waals surface area (Å²) in [5, 5.41) is 0. The molecule has 0 aliphatic carbocycles. The predicted octanol–water partition coefficient (Wildman–Crippen LogP) is 5.05. The van der Waals surface area contributed by atoms with Crippen molar-refractivity contribution in [1.82, 2.24) is 0 Å². The SMILES string of the molecule is CCCC(C)Oc1ccc(OC(=O)c2ccc(/C=C/C(=O)OCC)cc2)cc1. The van der Waals surface area contributed by atoms with Gasteiger partial charge in [-0.15, -0.1) is 0 Å². The van der Waals surface area contributed by atoms with Gasteiger partial charge in [0.15, 0.2) is 0 Å². The number of ether oxygens (including phenoxy) is 3. The van der Waals surface area contributed by atoms with Crippen molar-refractivity contribution >= 4 is 18.0 Å². The lowest BCUT2D eigenvalue weighted by Crippen LogP contribution is -2.11. The van der Waals surface area contributed by atoms with Gasteiger partial charge in [0.2, 0.25) is 0 Å². The molecule has 0 aromatic heterocycles. The first-order chi connectivity index (χ1) is 13.5. The Hall–Kier alpha value is -3.08. The topological polar surface area (TPSA) is 61.8 Å². The van der Waals surface area contributed by atoms with Crippen LogP contribution in [-0.4, -0.2) is 24.6 Å². The minimum Gasteiger partial charge on any atom is -0.491 e. The molecule has 28 heavy (non-hydrogen) atoms. The average molecular weight is 382 g/mol. The summed E-state index contributed by atoms with van der Waals surface area (Å²) in [5.41, 5.74) is 1.21. The van der Waals surface area contributed by atoms with Gasteiger partial charge in [0, 0.05) is 6.08 Å². The molecule has 0 fully saturated rings. The van der Waals surface area contributed by atoms with E-state index in [9.17, 15) is 9.59 Å². The first-order valence-electron chi connectivity index (χ1n) is 9.45. The maximum absolute atomic E-state index is 12.3. The van der Waals surface area contributed by atoms with Gasteiger partial charge >= 0.3 is 11.9 Å². The molecule has 2 aromatic rings. The Morgan fingerprint density at radius 3 is 2.21 bits per heavy atom. The molecule has 0 saturated carbocycles. The summed E-state index contributed by atoms with van der Waals surface area (Å²) in [5.74, 6) is 0.349. The molecule has 0 spiro atoms. The van der Waals surface area contributed by atoms with E-state index < -0.39 is 11.9 Å². The van der Waals surface area contributed by atoms with E-state index in [2.05, 4.69) is 6.92 Å². The number of carbonyl (C=O) groups is 2. The molecule has 5 heteroatoms. The summed E-state index contributed by atoms with van der Waals surface area (Å²) < 4.78 is 16.0. The molecule has 0 aliphatic rings. The summed E-state index contributed by atoms with van der Waals surface area (Å²) in [7, 11) is 0. The van der Waals surface area contributed by atoms with Crippen LogP contribution in [0.4, 0.5) is 0 Å². The number of esters is 2. The number of benzene rings is 2. The first kappa shape index (κ1) is 21.2. The zero-order valence-corrected chi connectivity index (χ0v) is 16.5. The molecule has 0 N–H and O–H groups in total. The van der Waals surface area contributed by atoms with Gasteiger partial charge in [-0.1, -0.05) is 25.5 Å². The second kappa shape index (κ2) is 10.9. The van der Waals surface area contributed by atoms with Crippen LogP contribution in [0.25, 0.3) is 6.08 Å². The molecule has 0 bridgehead atoms. The lowest BCUT2D eigenvalue weighted by Gasteiger charge is -2.14. The Kier molecular flexibility index (Phi) is 8.28. The minimum atomic E-state index is -0.450. The van der Waals surface area contributed by atoms with Crippen molar-refractivity contribution in [2.45, 2.75) is 39.7 Å². The van der Waals surface area contributed by atoms with E-state index in [1.807, 2.05) is 6.92 Å². The van der Waals surface area contributed by atoms with Crippen LogP contribution in [0.2, 0.25) is 0 Å². The molecule has 0 amide bonds. The van der Waals surface area contributed by atoms with Crippen molar-refractivity contribution < 1.29 is 23.8 Å². The molecule has 2 rings (SSSR count). The van der Waals surface area contributed by atoms with Crippen LogP contribution < -0.4 is 9.47 Å². The third kappa shape index (κ3) is 6.91. The van der Waals surface area contributed by atoms with E-state index in [4.69, 9.17) is 14.2 Å². The maximum Gasteiger partial charge on any atom is 0.343 e. The lowest BCUT2D eigenvalue weighted by molar-refractivity contribution is -0.137. The highest BCUT2D eigenvalue weighted by Gasteiger charge is 2.09. The average Bonchev–Trinajstić information content (AvgIpc) is 2.68. The van der Waals surface area contributed by atoms with Crippen LogP contribution in [0.3, 0.4) is 0 Å². The molecule has 5 nitrogen and oxygen atoms in total. The number of hydrogen-bond donors (Lipinski definition) is 0. The Balaban J connectivity index is 1.92. The Morgan fingerprint density at radius 2 is 1.61 bits per heavy atom. The minimum absolute atomic E-state index is 0.148. The fraction of sp³-hybridized carbons (Fsp3) is 0.304. The van der Waals surface area contributed by atoms with Gasteiger partial charge < -0.3 is 14.2 Å². The first-order valence-corrected chi connectivity index (χ1v) is 9.45. The van der Waals surface area contributed by atoms with E-state index in [0.29, 0.717) is 17.9 Å². The molecule has 0 aliphatic heterocycles. The number of rotatable bonds is 9. The normalized spacial score (nSPS) is 11.8. The molecular formula is C23H26O5. The van der Waals surface area contributed by atoms with Crippen molar-refractivity contribution in [2.75, 3.05) is 6.61 Å². The summed E-state index contributed by atoms with van der Waals surface area (Å²) >= 11 is 0. The summed E-state index contributed by atoms with van der Waals surface area (Å²) in [6, 6.07) is 13.8. The third-order valence-corrected chi connectivity index (χ3v) is 3.91. The Morgan fingerprint density at radius 1 is 0.964 bits per heavy atom. The van der Waals surface area contributed by atoms with Gasteiger partial charge in [0.1, 0.15) is 11.5 Å². The van der Waals surface area contributed by atoms with Gasteiger partial charge in [0.05, 0.1) is 18.3 Å². The predicted molar refractivity (Wildman–Crippen MR) is 109 cm³/mol. The quantitative estimate of drug-likeness (QED) is 0.345. The summed E-state index contributed by atoms with van der Waals surface area (Å²) in [6.45, 7) is 6.23. The number of carbonyl (C=O) groups excluding carboxylic acids is 2. The van der Waals surface area contributed by atoms with Gasteiger partial charge in [-0.2, -0.15) is 0 Å². The molecular weight excluding hydrogens is 356 g/mol. The monoisotopic (exact) mass is 382 g/mol. The fourth-order valence-corrected chi connectivity index (χ4v) is 2.53. The van der Waals surface area contributed by atoms with Crippen LogP contribution in [0.15, 0.2) is 54.6 Å². The molecule has 0 radical (unpaired) electrons. The Labute approximate surface area is 165 Å². The second-order valence-electron chi connectivity index (χ2n) is 6.29. The van der Waals surface area contributed by atoms with E-state index >= 15 is 0 Å². The zero-order valence-electron chi connectivity index (χ0n) is 16.5. The fourth-order valence-electron chi connectivity index (χ4n) is 2.53. The van der Waals surface area contributed by atoms with Crippen LogP contribution in [0.5, 0.6) is 11.5 Å². The standard InChI is InChI=1S/C23H26O5/c1-4-6-17(3)27-20-12-14-21(15-13-20)28-23(25)19-10-7-18(8-11-19)9-16-22(24)26-5-2/h7-17H,4-6H2,1-3H3/b16-9+. The highest BCUT2D eigenvalue weighted by molar-refractivity contribution is 5.91. The summed E-state index contributed by atoms with van der Waals surface area (Å²) in [6.07, 6.45) is 5.18. The van der Waals surface area contributed by atoms with Crippen LogP contribution >= 0.6 is 0 Å². The van der Waals surface area contributed by atoms with Gasteiger partial charge in [-0.25, -0.2) is 9.59 Å². The highest BCUT2D eigenvalue weighted by Crippen LogP contribution is 2.20. The van der Waals surface area contributed by atoms with Gasteiger partial charge in [-0.05, 0) is 68.3 Å². The largest absolute Gasteiger partial charge is 0.491 e. The second-order valence-corrected chi connectivity index (χ2v) is 6.29. The molecule has 1 unspecified atom stereocenters. The molecule has 0 saturated heterocycles. The van der Waals surface area contributed by atoms with Crippen molar-refractivity contribution in [3.63, 3.8) is 0 Å². The van der Waals surface area contributed by atoms with Crippen LogP contribution in [-0.2, 0) is 9.53 Å². The third-order valence-electron chi connectivity index (χ3n) is 3.91. The van der Waals surface area contributed by atoms with Crippen molar-refractivity contribution in [2.24, 2.45) is 0 Å². The smallest absolute Gasteiger partial charge is 0.343 e. The highest BCUT2D eigenvalue weighted by atomic mass is 16.5. The van der Waals surface area contributed by atoms with E-state index in [0.717, 1.165) is 24.2 Å². The molecule has 2 aromatic carbocycles. The maximum atomic E-state index is 12.3. The lowest BCUT2D eigenvalue weighted by atomic mass is 10.1. The molecule has 1 atom stereocenters. The van der Waals surface area contributed by atoms with Gasteiger partial charge in [-0.3, -0.25) is 0 Å². The molecule has 0 heterocycles. The molecule has 148 valence electrons. The van der Waals surface area contributed by atoms with E-state index in [1.54, 1.807) is 61.5 Å². The van der Waals surface area contributed by atoms with Crippen molar-refractivity contribution in [3.8, 4) is 11.5 Å². The van der Waals surface area contributed by atoms with Crippen molar-refractivity contribution in [1.29, 1.82) is 0 Å². The zero-order chi connectivity index (χ0) is 20.4. The van der Waals surface area contributed by atoms with E-state index in [-0.39, 0.29) is 6.10 Å². The number of hydrogen-bond acceptors (Lipinski definition) is 5. The Bertz CT molecular complexity index is 791. The van der Waals surface area contributed by atoms with E-state index in [1.165, 1.54) is 6.08 Å². The summed E-state index contributed by atoms with van der Waals surface area (Å²) in [4.78, 5) is 23.6. The van der Waals surface area contributed by atoms with Crippen molar-refractivity contribution in [3.05, 3.63) is 65.7 Å². The van der Waals surface area contributed by atoms with Crippen LogP contribution in [0, 0.1) is 0 Å². The van der Waals surface area contributed by atoms with Gasteiger partial charge in [0.25, 0.3) is 0 Å². The van der Waals surface area contributed by atoms with Crippen LogP contribution in [0.1, 0.15) is 49.5 Å².